The summed E-state index contributed by atoms with van der Waals surface area (Å²) in [4.78, 5) is 10.7. The largest absolute Gasteiger partial charge is 0.394 e. The van der Waals surface area contributed by atoms with Gasteiger partial charge in [0.05, 0.1) is 25.9 Å². The second-order valence-electron chi connectivity index (χ2n) is 3.70. The number of rotatable bonds is 2. The van der Waals surface area contributed by atoms with Gasteiger partial charge in [-0.05, 0) is 29.5 Å². The van der Waals surface area contributed by atoms with Crippen LogP contribution >= 0.6 is 22.6 Å². The van der Waals surface area contributed by atoms with E-state index in [2.05, 4.69) is 37.5 Å². The van der Waals surface area contributed by atoms with E-state index in [-0.39, 0.29) is 12.6 Å². The lowest BCUT2D eigenvalue weighted by atomic mass is 10.2. The summed E-state index contributed by atoms with van der Waals surface area (Å²) in [5.74, 6) is 1.63. The minimum atomic E-state index is -0.00106. The molecule has 1 aliphatic rings. The number of anilines is 1. The van der Waals surface area contributed by atoms with Crippen molar-refractivity contribution in [2.24, 2.45) is 0 Å². The molecule has 0 bridgehead atoms. The quantitative estimate of drug-likeness (QED) is 0.633. The van der Waals surface area contributed by atoms with Crippen molar-refractivity contribution in [3.05, 3.63) is 15.6 Å². The predicted molar refractivity (Wildman–Crippen MR) is 68.5 cm³/mol. The van der Waals surface area contributed by atoms with Crippen LogP contribution in [0.4, 0.5) is 5.82 Å². The molecule has 2 heterocycles. The molecule has 0 unspecified atom stereocenters. The highest BCUT2D eigenvalue weighted by atomic mass is 127. The Kier molecular flexibility index (Phi) is 3.93. The summed E-state index contributed by atoms with van der Waals surface area (Å²) >= 11 is 2.17. The maximum absolute atomic E-state index is 9.29. The molecule has 1 aliphatic heterocycles. The van der Waals surface area contributed by atoms with Crippen molar-refractivity contribution >= 4 is 28.4 Å². The number of aryl methyl sites for hydroxylation is 1. The molecule has 0 saturated carbocycles. The number of nitrogens with zero attached hydrogens (tertiary/aromatic N) is 3. The maximum Gasteiger partial charge on any atom is 0.133 e. The van der Waals surface area contributed by atoms with Gasteiger partial charge in [0.2, 0.25) is 0 Å². The highest BCUT2D eigenvalue weighted by Crippen LogP contribution is 2.18. The second kappa shape index (κ2) is 5.24. The van der Waals surface area contributed by atoms with Gasteiger partial charge >= 0.3 is 0 Å². The first-order chi connectivity index (χ1) is 7.70. The van der Waals surface area contributed by atoms with E-state index in [1.807, 2.05) is 13.0 Å². The van der Waals surface area contributed by atoms with E-state index in [0.29, 0.717) is 13.2 Å². The van der Waals surface area contributed by atoms with Crippen molar-refractivity contribution in [2.75, 3.05) is 31.3 Å². The first-order valence-corrected chi connectivity index (χ1v) is 6.25. The Hall–Kier alpha value is -0.470. The Morgan fingerprint density at radius 1 is 1.62 bits per heavy atom. The molecule has 1 aromatic rings. The molecule has 6 heteroatoms. The van der Waals surface area contributed by atoms with E-state index in [9.17, 15) is 5.11 Å². The summed E-state index contributed by atoms with van der Waals surface area (Å²) in [6, 6.07) is 1.93. The number of ether oxygens (including phenoxy) is 1. The van der Waals surface area contributed by atoms with E-state index in [4.69, 9.17) is 4.74 Å². The number of hydrogen-bond donors (Lipinski definition) is 1. The van der Waals surface area contributed by atoms with Crippen LogP contribution < -0.4 is 4.90 Å². The first-order valence-electron chi connectivity index (χ1n) is 5.17. The van der Waals surface area contributed by atoms with E-state index >= 15 is 0 Å². The number of halogens is 1. The molecular formula is C10H14IN3O2. The third kappa shape index (κ3) is 2.61. The van der Waals surface area contributed by atoms with Crippen LogP contribution in [-0.2, 0) is 4.74 Å². The molecule has 2 rings (SSSR count). The molecule has 88 valence electrons. The molecule has 0 aromatic carbocycles. The highest BCUT2D eigenvalue weighted by Gasteiger charge is 2.23. The van der Waals surface area contributed by atoms with Crippen molar-refractivity contribution < 1.29 is 9.84 Å². The number of hydrogen-bond acceptors (Lipinski definition) is 5. The van der Waals surface area contributed by atoms with Crippen molar-refractivity contribution in [3.8, 4) is 0 Å². The Balaban J connectivity index is 2.26. The fourth-order valence-electron chi connectivity index (χ4n) is 1.77. The van der Waals surface area contributed by atoms with Crippen molar-refractivity contribution in [1.29, 1.82) is 0 Å². The summed E-state index contributed by atoms with van der Waals surface area (Å²) in [6.45, 7) is 3.95. The van der Waals surface area contributed by atoms with Crippen LogP contribution in [0.1, 0.15) is 5.82 Å². The fraction of sp³-hybridized carbons (Fsp3) is 0.600. The molecule has 16 heavy (non-hydrogen) atoms. The smallest absolute Gasteiger partial charge is 0.133 e. The summed E-state index contributed by atoms with van der Waals surface area (Å²) in [5, 5.41) is 9.29. The van der Waals surface area contributed by atoms with Crippen LogP contribution in [0.25, 0.3) is 0 Å². The molecule has 5 nitrogen and oxygen atoms in total. The van der Waals surface area contributed by atoms with Crippen molar-refractivity contribution in [2.45, 2.75) is 13.0 Å². The van der Waals surface area contributed by atoms with Crippen molar-refractivity contribution in [3.63, 3.8) is 0 Å². The second-order valence-corrected chi connectivity index (χ2v) is 4.81. The number of morpholine rings is 1. The molecule has 0 amide bonds. The number of aliphatic hydroxyl groups is 1. The topological polar surface area (TPSA) is 58.5 Å². The summed E-state index contributed by atoms with van der Waals surface area (Å²) in [5.41, 5.74) is 0. The SMILES string of the molecule is Cc1nc(I)cc(N2CCOC[C@H]2CO)n1. The van der Waals surface area contributed by atoms with Gasteiger partial charge in [-0.15, -0.1) is 0 Å². The maximum atomic E-state index is 9.29. The van der Waals surface area contributed by atoms with Crippen LogP contribution in [0.2, 0.25) is 0 Å². The van der Waals surface area contributed by atoms with Gasteiger partial charge in [0.15, 0.2) is 0 Å². The normalized spacial score (nSPS) is 21.2. The Morgan fingerprint density at radius 3 is 3.12 bits per heavy atom. The molecule has 1 aromatic heterocycles. The van der Waals surface area contributed by atoms with Crippen LogP contribution in [0.5, 0.6) is 0 Å². The minimum Gasteiger partial charge on any atom is -0.394 e. The minimum absolute atomic E-state index is 0.00106. The van der Waals surface area contributed by atoms with Crippen LogP contribution in [0.3, 0.4) is 0 Å². The van der Waals surface area contributed by atoms with Gasteiger partial charge in [-0.3, -0.25) is 0 Å². The first kappa shape index (κ1) is 12.0. The number of aliphatic hydroxyl groups excluding tert-OH is 1. The van der Waals surface area contributed by atoms with Gasteiger partial charge in [-0.1, -0.05) is 0 Å². The fourth-order valence-corrected chi connectivity index (χ4v) is 2.40. The van der Waals surface area contributed by atoms with Crippen molar-refractivity contribution in [1.82, 2.24) is 9.97 Å². The van der Waals surface area contributed by atoms with Gasteiger partial charge in [0.25, 0.3) is 0 Å². The standard InChI is InChI=1S/C10H14IN3O2/c1-7-12-9(11)4-10(13-7)14-2-3-16-6-8(14)5-15/h4,8,15H,2-3,5-6H2,1H3/t8-/m1/s1. The molecule has 0 spiro atoms. The Bertz CT molecular complexity index is 355. The lowest BCUT2D eigenvalue weighted by molar-refractivity contribution is 0.0722. The monoisotopic (exact) mass is 335 g/mol. The Labute approximate surface area is 108 Å². The zero-order chi connectivity index (χ0) is 11.5. The average molecular weight is 335 g/mol. The van der Waals surface area contributed by atoms with Crippen LogP contribution in [0, 0.1) is 10.6 Å². The molecule has 1 saturated heterocycles. The summed E-state index contributed by atoms with van der Waals surface area (Å²) < 4.78 is 6.26. The van der Waals surface area contributed by atoms with E-state index in [1.165, 1.54) is 0 Å². The van der Waals surface area contributed by atoms with Gasteiger partial charge in [0.1, 0.15) is 15.3 Å². The molecule has 0 radical (unpaired) electrons. The van der Waals surface area contributed by atoms with Crippen LogP contribution in [-0.4, -0.2) is 47.5 Å². The zero-order valence-corrected chi connectivity index (χ0v) is 11.2. The number of aromatic nitrogens is 2. The average Bonchev–Trinajstić information content (AvgIpc) is 2.27. The molecule has 1 atom stereocenters. The van der Waals surface area contributed by atoms with E-state index in [0.717, 1.165) is 21.9 Å². The van der Waals surface area contributed by atoms with E-state index in [1.54, 1.807) is 0 Å². The molecular weight excluding hydrogens is 321 g/mol. The zero-order valence-electron chi connectivity index (χ0n) is 9.06. The van der Waals surface area contributed by atoms with Gasteiger partial charge in [0, 0.05) is 12.6 Å². The Morgan fingerprint density at radius 2 is 2.44 bits per heavy atom. The lowest BCUT2D eigenvalue weighted by Crippen LogP contribution is -2.48. The molecule has 1 fully saturated rings. The summed E-state index contributed by atoms with van der Waals surface area (Å²) in [7, 11) is 0. The lowest BCUT2D eigenvalue weighted by Gasteiger charge is -2.35. The third-order valence-corrected chi connectivity index (χ3v) is 3.08. The molecule has 0 aliphatic carbocycles. The predicted octanol–water partition coefficient (Wildman–Crippen LogP) is 0.587. The summed E-state index contributed by atoms with van der Waals surface area (Å²) in [6.07, 6.45) is 0. The van der Waals surface area contributed by atoms with Gasteiger partial charge in [-0.25, -0.2) is 9.97 Å². The van der Waals surface area contributed by atoms with E-state index < -0.39 is 0 Å². The highest BCUT2D eigenvalue weighted by molar-refractivity contribution is 14.1. The molecule has 1 N–H and O–H groups in total. The third-order valence-electron chi connectivity index (χ3n) is 2.53. The van der Waals surface area contributed by atoms with Gasteiger partial charge in [-0.2, -0.15) is 0 Å². The van der Waals surface area contributed by atoms with Crippen LogP contribution in [0.15, 0.2) is 6.07 Å². The van der Waals surface area contributed by atoms with Gasteiger partial charge < -0.3 is 14.7 Å².